The molecule has 0 fully saturated rings. The van der Waals surface area contributed by atoms with E-state index in [0.717, 1.165) is 11.8 Å². The van der Waals surface area contributed by atoms with Crippen LogP contribution >= 0.6 is 35.0 Å². The Hall–Kier alpha value is -3.65. The zero-order valence-corrected chi connectivity index (χ0v) is 20.8. The summed E-state index contributed by atoms with van der Waals surface area (Å²) in [7, 11) is 0. The molecule has 0 aliphatic carbocycles. The van der Waals surface area contributed by atoms with Crippen molar-refractivity contribution in [2.45, 2.75) is 15.9 Å². The number of halogens is 2. The van der Waals surface area contributed by atoms with E-state index >= 15 is 0 Å². The minimum atomic E-state index is -1.23. The molecule has 0 saturated carbocycles. The van der Waals surface area contributed by atoms with E-state index in [-0.39, 0.29) is 21.2 Å². The van der Waals surface area contributed by atoms with Crippen LogP contribution in [0.2, 0.25) is 10.0 Å². The molecule has 0 heterocycles. The van der Waals surface area contributed by atoms with Crippen LogP contribution in [0.15, 0.2) is 107 Å². The van der Waals surface area contributed by atoms with Crippen molar-refractivity contribution in [1.29, 1.82) is 0 Å². The second-order valence-electron chi connectivity index (χ2n) is 7.51. The van der Waals surface area contributed by atoms with Gasteiger partial charge in [0.1, 0.15) is 4.90 Å². The minimum Gasteiger partial charge on any atom is -0.445 e. The lowest BCUT2D eigenvalue weighted by Crippen LogP contribution is -2.20. The van der Waals surface area contributed by atoms with E-state index in [1.54, 1.807) is 72.8 Å². The molecule has 6 nitrogen and oxygen atoms in total. The Balaban J connectivity index is 1.69. The van der Waals surface area contributed by atoms with E-state index in [2.05, 4.69) is 0 Å². The highest BCUT2D eigenvalue weighted by Gasteiger charge is 2.28. The van der Waals surface area contributed by atoms with Crippen molar-refractivity contribution in [1.82, 2.24) is 0 Å². The van der Waals surface area contributed by atoms with Crippen molar-refractivity contribution in [2.75, 3.05) is 0 Å². The first-order valence-corrected chi connectivity index (χ1v) is 12.2. The Morgan fingerprint density at radius 2 is 1.50 bits per heavy atom. The van der Waals surface area contributed by atoms with Crippen LogP contribution in [-0.4, -0.2) is 16.7 Å². The summed E-state index contributed by atoms with van der Waals surface area (Å²) in [5.41, 5.74) is 0.776. The minimum absolute atomic E-state index is 0.136. The van der Waals surface area contributed by atoms with Crippen LogP contribution < -0.4 is 0 Å². The molecule has 0 spiro atoms. The largest absolute Gasteiger partial charge is 0.445 e. The number of ether oxygens (including phenoxy) is 1. The molecule has 0 amide bonds. The molecule has 0 aliphatic heterocycles. The summed E-state index contributed by atoms with van der Waals surface area (Å²) in [4.78, 5) is 38.3. The number of carbonyl (C=O) groups excluding carboxylic acids is 2. The van der Waals surface area contributed by atoms with E-state index in [1.807, 2.05) is 0 Å². The van der Waals surface area contributed by atoms with Gasteiger partial charge in [-0.1, -0.05) is 95.6 Å². The molecule has 9 heteroatoms. The Labute approximate surface area is 221 Å². The van der Waals surface area contributed by atoms with E-state index < -0.39 is 22.8 Å². The van der Waals surface area contributed by atoms with Crippen molar-refractivity contribution >= 4 is 52.4 Å². The maximum Gasteiger partial charge on any atom is 0.340 e. The van der Waals surface area contributed by atoms with Gasteiger partial charge in [0.2, 0.25) is 5.78 Å². The number of nitrogens with zero attached hydrogens (tertiary/aromatic N) is 1. The van der Waals surface area contributed by atoms with Gasteiger partial charge in [0.05, 0.1) is 15.5 Å². The third-order valence-electron chi connectivity index (χ3n) is 5.16. The lowest BCUT2D eigenvalue weighted by atomic mass is 9.99. The molecular weight excluding hydrogens is 521 g/mol. The van der Waals surface area contributed by atoms with Gasteiger partial charge < -0.3 is 4.74 Å². The van der Waals surface area contributed by atoms with Gasteiger partial charge in [0, 0.05) is 27.1 Å². The normalized spacial score (nSPS) is 11.5. The fraction of sp³-hybridized carbons (Fsp3) is 0.0370. The van der Waals surface area contributed by atoms with Crippen LogP contribution in [0.3, 0.4) is 0 Å². The third-order valence-corrected chi connectivity index (χ3v) is 7.04. The van der Waals surface area contributed by atoms with Gasteiger partial charge in [-0.2, -0.15) is 0 Å². The number of ketones is 1. The van der Waals surface area contributed by atoms with Gasteiger partial charge in [-0.25, -0.2) is 4.79 Å². The number of hydrogen-bond acceptors (Lipinski definition) is 6. The second-order valence-corrected chi connectivity index (χ2v) is 9.41. The lowest BCUT2D eigenvalue weighted by Gasteiger charge is -2.19. The average Bonchev–Trinajstić information content (AvgIpc) is 2.89. The highest BCUT2D eigenvalue weighted by atomic mass is 35.5. The van der Waals surface area contributed by atoms with Crippen molar-refractivity contribution in [3.05, 3.63) is 134 Å². The summed E-state index contributed by atoms with van der Waals surface area (Å²) in [6.45, 7) is 0. The summed E-state index contributed by atoms with van der Waals surface area (Å²) < 4.78 is 5.75. The van der Waals surface area contributed by atoms with E-state index in [1.165, 1.54) is 24.3 Å². The first kappa shape index (κ1) is 25.4. The Bertz CT molecular complexity index is 1430. The maximum absolute atomic E-state index is 13.4. The topological polar surface area (TPSA) is 86.5 Å². The molecule has 0 aliphatic rings. The number of nitro groups is 1. The van der Waals surface area contributed by atoms with E-state index in [4.69, 9.17) is 27.9 Å². The van der Waals surface area contributed by atoms with Crippen LogP contribution in [0.25, 0.3) is 0 Å². The lowest BCUT2D eigenvalue weighted by molar-refractivity contribution is -0.387. The zero-order valence-electron chi connectivity index (χ0n) is 18.5. The molecule has 0 bridgehead atoms. The molecule has 4 aromatic carbocycles. The maximum atomic E-state index is 13.4. The van der Waals surface area contributed by atoms with E-state index in [0.29, 0.717) is 21.0 Å². The van der Waals surface area contributed by atoms with Crippen LogP contribution in [-0.2, 0) is 4.74 Å². The number of benzene rings is 4. The van der Waals surface area contributed by atoms with Crippen molar-refractivity contribution in [2.24, 2.45) is 0 Å². The summed E-state index contributed by atoms with van der Waals surface area (Å²) in [5.74, 6) is -1.17. The van der Waals surface area contributed by atoms with Gasteiger partial charge in [-0.05, 0) is 30.3 Å². The van der Waals surface area contributed by atoms with Crippen LogP contribution in [0.5, 0.6) is 0 Å². The molecule has 0 N–H and O–H groups in total. The fourth-order valence-electron chi connectivity index (χ4n) is 3.41. The number of nitro benzene ring substituents is 1. The van der Waals surface area contributed by atoms with Crippen LogP contribution in [0.1, 0.15) is 32.4 Å². The van der Waals surface area contributed by atoms with Gasteiger partial charge in [0.25, 0.3) is 5.69 Å². The van der Waals surface area contributed by atoms with E-state index in [9.17, 15) is 19.7 Å². The average molecular weight is 538 g/mol. The Morgan fingerprint density at radius 1 is 0.833 bits per heavy atom. The summed E-state index contributed by atoms with van der Waals surface area (Å²) in [6.07, 6.45) is -1.23. The SMILES string of the molecule is O=C(O[C@H](C(=O)c1ccccc1)c1ccc(Cl)cc1)c1ccccc1Sc1c(Cl)cccc1[N+](=O)[O-]. The van der Waals surface area contributed by atoms with Crippen LogP contribution in [0, 0.1) is 10.1 Å². The fourth-order valence-corrected chi connectivity index (χ4v) is 4.86. The summed E-state index contributed by atoms with van der Waals surface area (Å²) >= 11 is 13.2. The third kappa shape index (κ3) is 5.76. The zero-order chi connectivity index (χ0) is 25.7. The van der Waals surface area contributed by atoms with Crippen molar-refractivity contribution in [3.8, 4) is 0 Å². The Kier molecular flexibility index (Phi) is 8.05. The van der Waals surface area contributed by atoms with Gasteiger partial charge >= 0.3 is 5.97 Å². The van der Waals surface area contributed by atoms with Crippen LogP contribution in [0.4, 0.5) is 5.69 Å². The van der Waals surface area contributed by atoms with Gasteiger partial charge in [-0.3, -0.25) is 14.9 Å². The molecule has 1 atom stereocenters. The molecule has 4 aromatic rings. The highest BCUT2D eigenvalue weighted by Crippen LogP contribution is 2.41. The molecule has 36 heavy (non-hydrogen) atoms. The highest BCUT2D eigenvalue weighted by molar-refractivity contribution is 7.99. The first-order chi connectivity index (χ1) is 17.3. The predicted molar refractivity (Wildman–Crippen MR) is 139 cm³/mol. The van der Waals surface area contributed by atoms with Crippen molar-refractivity contribution in [3.63, 3.8) is 0 Å². The Morgan fingerprint density at radius 3 is 2.19 bits per heavy atom. The number of carbonyl (C=O) groups is 2. The second kappa shape index (κ2) is 11.4. The first-order valence-electron chi connectivity index (χ1n) is 10.6. The number of hydrogen-bond donors (Lipinski definition) is 0. The molecule has 4 rings (SSSR count). The van der Waals surface area contributed by atoms with Gasteiger partial charge in [-0.15, -0.1) is 0 Å². The summed E-state index contributed by atoms with van der Waals surface area (Å²) in [6, 6.07) is 25.8. The number of esters is 1. The predicted octanol–water partition coefficient (Wildman–Crippen LogP) is 7.83. The molecule has 0 saturated heterocycles. The number of rotatable bonds is 8. The summed E-state index contributed by atoms with van der Waals surface area (Å²) in [5, 5.41) is 12.2. The molecule has 0 aromatic heterocycles. The van der Waals surface area contributed by atoms with Crippen molar-refractivity contribution < 1.29 is 19.2 Å². The van der Waals surface area contributed by atoms with Gasteiger partial charge in [0.15, 0.2) is 6.10 Å². The standard InChI is InChI=1S/C27H17Cl2NO5S/c28-19-15-13-18(14-16-19)25(24(31)17-7-2-1-3-8-17)35-27(32)20-9-4-5-12-23(20)36-26-21(29)10-6-11-22(26)30(33)34/h1-16,25H/t25-/m0/s1. The quantitative estimate of drug-likeness (QED) is 0.0984. The monoisotopic (exact) mass is 537 g/mol. The number of Topliss-reactive ketones (excluding diaryl/α,β-unsaturated/α-hetero) is 1. The molecule has 0 unspecified atom stereocenters. The smallest absolute Gasteiger partial charge is 0.340 e. The molecule has 0 radical (unpaired) electrons. The molecular formula is C27H17Cl2NO5S. The molecule has 180 valence electrons.